The number of alkyl halides is 6. The van der Waals surface area contributed by atoms with Crippen molar-refractivity contribution in [2.45, 2.75) is 56.5 Å². The van der Waals surface area contributed by atoms with Gasteiger partial charge in [-0.3, -0.25) is 9.69 Å². The van der Waals surface area contributed by atoms with Crippen molar-refractivity contribution in [1.82, 2.24) is 20.0 Å². The zero-order valence-electron chi connectivity index (χ0n) is 23.6. The molecule has 2 aromatic rings. The smallest absolute Gasteiger partial charge is 0.335 e. The van der Waals surface area contributed by atoms with E-state index >= 15 is 0 Å². The summed E-state index contributed by atoms with van der Waals surface area (Å²) >= 11 is 0. The number of piperidine rings is 2. The molecule has 3 saturated heterocycles. The van der Waals surface area contributed by atoms with Gasteiger partial charge in [0, 0.05) is 56.9 Å². The molecule has 0 aromatic heterocycles. The van der Waals surface area contributed by atoms with E-state index in [0.717, 1.165) is 51.4 Å². The lowest BCUT2D eigenvalue weighted by Crippen LogP contribution is -2.54. The zero-order valence-corrected chi connectivity index (χ0v) is 23.6. The third-order valence-corrected chi connectivity index (χ3v) is 8.98. The van der Waals surface area contributed by atoms with E-state index in [-0.39, 0.29) is 24.6 Å². The molecule has 42 heavy (non-hydrogen) atoms. The van der Waals surface area contributed by atoms with E-state index in [1.807, 2.05) is 30.3 Å². The minimum atomic E-state index is -5.01. The second-order valence-electron chi connectivity index (χ2n) is 11.8. The van der Waals surface area contributed by atoms with Crippen LogP contribution >= 0.6 is 0 Å². The van der Waals surface area contributed by atoms with Gasteiger partial charge in [-0.15, -0.1) is 0 Å². The molecule has 0 radical (unpaired) electrons. The predicted molar refractivity (Wildman–Crippen MR) is 148 cm³/mol. The predicted octanol–water partition coefficient (Wildman–Crippen LogP) is 5.56. The van der Waals surface area contributed by atoms with E-state index in [9.17, 15) is 31.1 Å². The van der Waals surface area contributed by atoms with Crippen LogP contribution in [0.2, 0.25) is 0 Å². The summed E-state index contributed by atoms with van der Waals surface area (Å²) in [6, 6.07) is 11.0. The fraction of sp³-hybridized carbons (Fsp3) is 0.581. The Morgan fingerprint density at radius 2 is 1.43 bits per heavy atom. The van der Waals surface area contributed by atoms with Crippen LogP contribution in [0.3, 0.4) is 0 Å². The van der Waals surface area contributed by atoms with E-state index in [0.29, 0.717) is 37.4 Å². The van der Waals surface area contributed by atoms with Crippen molar-refractivity contribution < 1.29 is 31.1 Å². The third kappa shape index (κ3) is 7.65. The van der Waals surface area contributed by atoms with Crippen LogP contribution in [0, 0.1) is 5.92 Å². The van der Waals surface area contributed by atoms with Gasteiger partial charge in [0.15, 0.2) is 0 Å². The van der Waals surface area contributed by atoms with Crippen LogP contribution in [0.1, 0.15) is 52.7 Å². The van der Waals surface area contributed by atoms with Gasteiger partial charge in [-0.1, -0.05) is 30.3 Å². The van der Waals surface area contributed by atoms with E-state index in [2.05, 4.69) is 15.1 Å². The van der Waals surface area contributed by atoms with Crippen molar-refractivity contribution in [3.05, 3.63) is 70.8 Å². The minimum absolute atomic E-state index is 0.0649. The number of carbonyl (C=O) groups excluding carboxylic acids is 1. The molecule has 5 nitrogen and oxygen atoms in total. The van der Waals surface area contributed by atoms with Gasteiger partial charge in [-0.05, 0) is 74.9 Å². The van der Waals surface area contributed by atoms with Crippen molar-refractivity contribution in [1.29, 1.82) is 0 Å². The standard InChI is InChI=1S/C31H38F6N4O/c32-30(33,34)25-18-24(19-26(20-25)31(35,36)37)29(42)41-11-8-23(17-28(41)16-22-4-2-1-3-5-22)21-39-12-14-40(15-13-39)27-6-9-38-10-7-27/h1-5,18-20,23,27-28,38H,6-17,21H2. The summed E-state index contributed by atoms with van der Waals surface area (Å²) in [5.74, 6) is -0.512. The first-order valence-electron chi connectivity index (χ1n) is 14.8. The molecule has 1 N–H and O–H groups in total. The molecule has 0 spiro atoms. The Bertz CT molecular complexity index is 1160. The maximum atomic E-state index is 13.6. The molecule has 1 amide bonds. The normalized spacial score (nSPS) is 23.7. The first-order chi connectivity index (χ1) is 20.0. The second kappa shape index (κ2) is 12.9. The summed E-state index contributed by atoms with van der Waals surface area (Å²) in [6.45, 7) is 7.25. The van der Waals surface area contributed by atoms with E-state index in [4.69, 9.17) is 0 Å². The van der Waals surface area contributed by atoms with Gasteiger partial charge in [-0.2, -0.15) is 26.3 Å². The number of hydrogen-bond acceptors (Lipinski definition) is 4. The van der Waals surface area contributed by atoms with Crippen LogP contribution in [0.15, 0.2) is 48.5 Å². The summed E-state index contributed by atoms with van der Waals surface area (Å²) in [4.78, 5) is 20.2. The lowest BCUT2D eigenvalue weighted by atomic mass is 9.86. The van der Waals surface area contributed by atoms with Gasteiger partial charge in [0.1, 0.15) is 0 Å². The van der Waals surface area contributed by atoms with E-state index < -0.39 is 35.0 Å². The Hall–Kier alpha value is -2.63. The number of nitrogens with one attached hydrogen (secondary N) is 1. The van der Waals surface area contributed by atoms with Crippen molar-refractivity contribution in [3.8, 4) is 0 Å². The number of hydrogen-bond donors (Lipinski definition) is 1. The van der Waals surface area contributed by atoms with Crippen molar-refractivity contribution >= 4 is 5.91 Å². The highest BCUT2D eigenvalue weighted by atomic mass is 19.4. The number of piperazine rings is 1. The van der Waals surface area contributed by atoms with E-state index in [1.165, 1.54) is 17.7 Å². The molecule has 3 aliphatic rings. The van der Waals surface area contributed by atoms with Crippen LogP contribution in [-0.4, -0.2) is 85.0 Å². The molecular formula is C31H38F6N4O. The average Bonchev–Trinajstić information content (AvgIpc) is 2.97. The number of rotatable bonds is 6. The van der Waals surface area contributed by atoms with Crippen molar-refractivity contribution in [2.24, 2.45) is 5.92 Å². The zero-order chi connectivity index (χ0) is 29.9. The van der Waals surface area contributed by atoms with Crippen LogP contribution < -0.4 is 5.32 Å². The number of likely N-dealkylation sites (tertiary alicyclic amines) is 1. The number of halogens is 6. The Morgan fingerprint density at radius 1 is 0.810 bits per heavy atom. The number of carbonyl (C=O) groups is 1. The quantitative estimate of drug-likeness (QED) is 0.444. The first kappa shape index (κ1) is 30.8. The van der Waals surface area contributed by atoms with Crippen LogP contribution in [0.25, 0.3) is 0 Å². The fourth-order valence-electron chi connectivity index (χ4n) is 6.74. The Balaban J connectivity index is 1.30. The highest BCUT2D eigenvalue weighted by Crippen LogP contribution is 2.37. The number of nitrogens with zero attached hydrogens (tertiary/aromatic N) is 3. The van der Waals surface area contributed by atoms with Gasteiger partial charge in [0.2, 0.25) is 0 Å². The van der Waals surface area contributed by atoms with Crippen LogP contribution in [-0.2, 0) is 18.8 Å². The molecule has 0 bridgehead atoms. The molecule has 0 aliphatic carbocycles. The van der Waals surface area contributed by atoms with Crippen molar-refractivity contribution in [3.63, 3.8) is 0 Å². The molecule has 0 saturated carbocycles. The van der Waals surface area contributed by atoms with Gasteiger partial charge in [0.05, 0.1) is 11.1 Å². The Kier molecular flexibility index (Phi) is 9.49. The molecular weight excluding hydrogens is 558 g/mol. The lowest BCUT2D eigenvalue weighted by molar-refractivity contribution is -0.143. The molecule has 2 atom stereocenters. The van der Waals surface area contributed by atoms with Gasteiger partial charge >= 0.3 is 12.4 Å². The van der Waals surface area contributed by atoms with Gasteiger partial charge in [-0.25, -0.2) is 0 Å². The van der Waals surface area contributed by atoms with Gasteiger partial charge in [0.25, 0.3) is 5.91 Å². The summed E-state index contributed by atoms with van der Waals surface area (Å²) in [6.07, 6.45) is -5.91. The van der Waals surface area contributed by atoms with Crippen molar-refractivity contribution in [2.75, 3.05) is 52.4 Å². The molecule has 2 unspecified atom stereocenters. The van der Waals surface area contributed by atoms with E-state index in [1.54, 1.807) is 0 Å². The average molecular weight is 597 g/mol. The first-order valence-corrected chi connectivity index (χ1v) is 14.8. The maximum absolute atomic E-state index is 13.6. The van der Waals surface area contributed by atoms with Crippen LogP contribution in [0.5, 0.6) is 0 Å². The molecule has 5 rings (SSSR count). The summed E-state index contributed by atoms with van der Waals surface area (Å²) in [5.41, 5.74) is -2.56. The second-order valence-corrected chi connectivity index (χ2v) is 11.8. The summed E-state index contributed by atoms with van der Waals surface area (Å²) in [7, 11) is 0. The highest BCUT2D eigenvalue weighted by molar-refractivity contribution is 5.95. The molecule has 11 heteroatoms. The Labute approximate surface area is 242 Å². The topological polar surface area (TPSA) is 38.8 Å². The summed E-state index contributed by atoms with van der Waals surface area (Å²) < 4.78 is 81.0. The van der Waals surface area contributed by atoms with Crippen LogP contribution in [0.4, 0.5) is 26.3 Å². The molecule has 3 fully saturated rings. The molecule has 230 valence electrons. The monoisotopic (exact) mass is 596 g/mol. The Morgan fingerprint density at radius 3 is 2.02 bits per heavy atom. The molecule has 3 aliphatic heterocycles. The van der Waals surface area contributed by atoms with Gasteiger partial charge < -0.3 is 15.1 Å². The summed E-state index contributed by atoms with van der Waals surface area (Å²) in [5, 5.41) is 3.41. The molecule has 2 aromatic carbocycles. The largest absolute Gasteiger partial charge is 0.416 e. The number of amides is 1. The highest BCUT2D eigenvalue weighted by Gasteiger charge is 2.39. The third-order valence-electron chi connectivity index (χ3n) is 8.98. The molecule has 3 heterocycles. The SMILES string of the molecule is O=C(c1cc(C(F)(F)F)cc(C(F)(F)F)c1)N1CCC(CN2CCN(C3CCNCC3)CC2)CC1Cc1ccccc1. The minimum Gasteiger partial charge on any atom is -0.335 e. The lowest BCUT2D eigenvalue weighted by Gasteiger charge is -2.44. The maximum Gasteiger partial charge on any atom is 0.416 e. The number of benzene rings is 2. The fourth-order valence-corrected chi connectivity index (χ4v) is 6.74.